The minimum Gasteiger partial charge on any atom is -0.495 e. The maximum absolute atomic E-state index is 9.23. The molecule has 11 heavy (non-hydrogen) atoms. The van der Waals surface area contributed by atoms with Crippen LogP contribution in [0, 0.1) is 11.3 Å². The lowest BCUT2D eigenvalue weighted by Gasteiger charge is -2.43. The molecule has 0 aromatic heterocycles. The van der Waals surface area contributed by atoms with Gasteiger partial charge in [0.15, 0.2) is 5.88 Å². The zero-order valence-corrected chi connectivity index (χ0v) is 7.52. The average Bonchev–Trinajstić information content (AvgIpc) is 2.01. The van der Waals surface area contributed by atoms with Crippen LogP contribution in [0.2, 0.25) is 0 Å². The van der Waals surface area contributed by atoms with Crippen molar-refractivity contribution in [3.63, 3.8) is 0 Å². The van der Waals surface area contributed by atoms with Crippen LogP contribution < -0.4 is 5.32 Å². The molecule has 2 atom stereocenters. The topological polar surface area (TPSA) is 32.3 Å². The summed E-state index contributed by atoms with van der Waals surface area (Å²) in [6, 6.07) is 0. The van der Waals surface area contributed by atoms with Gasteiger partial charge in [-0.25, -0.2) is 0 Å². The fourth-order valence-corrected chi connectivity index (χ4v) is 1.49. The van der Waals surface area contributed by atoms with E-state index in [9.17, 15) is 5.11 Å². The summed E-state index contributed by atoms with van der Waals surface area (Å²) in [6.07, 6.45) is 4.41. The van der Waals surface area contributed by atoms with Crippen molar-refractivity contribution in [3.8, 4) is 0 Å². The highest BCUT2D eigenvalue weighted by atomic mass is 16.3. The Morgan fingerprint density at radius 3 is 2.64 bits per heavy atom. The maximum atomic E-state index is 9.23. The summed E-state index contributed by atoms with van der Waals surface area (Å²) in [4.78, 5) is 0. The molecule has 1 saturated carbocycles. The van der Waals surface area contributed by atoms with Gasteiger partial charge in [-0.2, -0.15) is 0 Å². The van der Waals surface area contributed by atoms with E-state index in [2.05, 4.69) is 19.2 Å². The third kappa shape index (κ3) is 1.50. The highest BCUT2D eigenvalue weighted by molar-refractivity contribution is 5.07. The van der Waals surface area contributed by atoms with Crippen LogP contribution in [0.4, 0.5) is 0 Å². The Balaban J connectivity index is 2.60. The Morgan fingerprint density at radius 2 is 2.36 bits per heavy atom. The molecule has 1 rings (SSSR count). The van der Waals surface area contributed by atoms with Crippen molar-refractivity contribution in [2.45, 2.75) is 26.7 Å². The van der Waals surface area contributed by atoms with Gasteiger partial charge in [-0.05, 0) is 30.3 Å². The zero-order valence-electron chi connectivity index (χ0n) is 7.52. The molecule has 0 saturated heterocycles. The summed E-state index contributed by atoms with van der Waals surface area (Å²) in [5.74, 6) is 1.01. The number of aliphatic hydroxyl groups excluding tert-OH is 1. The number of hydrogen-bond donors (Lipinski definition) is 2. The Hall–Kier alpha value is -0.660. The van der Waals surface area contributed by atoms with Crippen molar-refractivity contribution in [3.05, 3.63) is 12.0 Å². The molecule has 64 valence electrons. The molecule has 1 aliphatic rings. The summed E-state index contributed by atoms with van der Waals surface area (Å²) >= 11 is 0. The predicted molar refractivity (Wildman–Crippen MR) is 46.3 cm³/mol. The highest BCUT2D eigenvalue weighted by Gasteiger charge is 2.37. The molecule has 0 aliphatic heterocycles. The van der Waals surface area contributed by atoms with E-state index in [0.29, 0.717) is 11.8 Å². The second-order valence-corrected chi connectivity index (χ2v) is 3.73. The van der Waals surface area contributed by atoms with Crippen molar-refractivity contribution in [2.75, 3.05) is 7.05 Å². The van der Waals surface area contributed by atoms with Crippen LogP contribution in [0.25, 0.3) is 0 Å². The van der Waals surface area contributed by atoms with E-state index in [-0.39, 0.29) is 5.41 Å². The molecular weight excluding hydrogens is 138 g/mol. The van der Waals surface area contributed by atoms with Crippen molar-refractivity contribution < 1.29 is 5.11 Å². The summed E-state index contributed by atoms with van der Waals surface area (Å²) in [5.41, 5.74) is 0.229. The first kappa shape index (κ1) is 8.44. The third-order valence-electron chi connectivity index (χ3n) is 2.96. The second kappa shape index (κ2) is 2.76. The number of rotatable bonds is 2. The van der Waals surface area contributed by atoms with Gasteiger partial charge in [0.1, 0.15) is 0 Å². The first-order valence-corrected chi connectivity index (χ1v) is 4.18. The Morgan fingerprint density at radius 1 is 1.73 bits per heavy atom. The van der Waals surface area contributed by atoms with Crippen molar-refractivity contribution in [1.82, 2.24) is 5.32 Å². The molecule has 0 aromatic carbocycles. The monoisotopic (exact) mass is 155 g/mol. The predicted octanol–water partition coefficient (Wildman–Crippen LogP) is 2.04. The molecule has 0 aromatic rings. The SMILES string of the molecule is CN/C(O)=C\C1(C)CCC1C. The van der Waals surface area contributed by atoms with Crippen molar-refractivity contribution in [1.29, 1.82) is 0 Å². The largest absolute Gasteiger partial charge is 0.495 e. The van der Waals surface area contributed by atoms with Crippen molar-refractivity contribution >= 4 is 0 Å². The first-order chi connectivity index (χ1) is 5.08. The molecule has 0 amide bonds. The number of nitrogens with one attached hydrogen (secondary N) is 1. The van der Waals surface area contributed by atoms with Gasteiger partial charge in [0.2, 0.25) is 0 Å². The minimum atomic E-state index is 0.229. The van der Waals surface area contributed by atoms with Gasteiger partial charge >= 0.3 is 0 Å². The van der Waals surface area contributed by atoms with Crippen LogP contribution >= 0.6 is 0 Å². The maximum Gasteiger partial charge on any atom is 0.180 e. The number of aliphatic hydroxyl groups is 1. The lowest BCUT2D eigenvalue weighted by molar-refractivity contribution is 0.118. The third-order valence-corrected chi connectivity index (χ3v) is 2.96. The molecule has 1 aliphatic carbocycles. The lowest BCUT2D eigenvalue weighted by atomic mass is 9.62. The van der Waals surface area contributed by atoms with Gasteiger partial charge in [0.05, 0.1) is 0 Å². The Kier molecular flexibility index (Phi) is 2.12. The van der Waals surface area contributed by atoms with Crippen molar-refractivity contribution in [2.24, 2.45) is 11.3 Å². The molecule has 2 heteroatoms. The fraction of sp³-hybridized carbons (Fsp3) is 0.778. The highest BCUT2D eigenvalue weighted by Crippen LogP contribution is 2.47. The van der Waals surface area contributed by atoms with Crippen LogP contribution in [-0.2, 0) is 0 Å². The normalized spacial score (nSPS) is 38.1. The standard InChI is InChI=1S/C9H17NO/c1-7-4-5-9(7,2)6-8(11)10-3/h6-7,10-11H,4-5H2,1-3H3/b8-6+. The van der Waals surface area contributed by atoms with Gasteiger partial charge in [0, 0.05) is 7.05 Å². The van der Waals surface area contributed by atoms with Gasteiger partial charge in [-0.1, -0.05) is 13.8 Å². The van der Waals surface area contributed by atoms with E-state index >= 15 is 0 Å². The Labute approximate surface area is 68.3 Å². The molecule has 0 heterocycles. The molecule has 0 spiro atoms. The summed E-state index contributed by atoms with van der Waals surface area (Å²) in [5, 5.41) is 12.0. The van der Waals surface area contributed by atoms with Crippen LogP contribution in [0.3, 0.4) is 0 Å². The van der Waals surface area contributed by atoms with Gasteiger partial charge in [0.25, 0.3) is 0 Å². The van der Waals surface area contributed by atoms with E-state index in [0.717, 1.165) is 0 Å². The molecule has 1 fully saturated rings. The number of allylic oxidation sites excluding steroid dienone is 1. The van der Waals surface area contributed by atoms with Gasteiger partial charge in [-0.15, -0.1) is 0 Å². The first-order valence-electron chi connectivity index (χ1n) is 4.18. The van der Waals surface area contributed by atoms with E-state index in [4.69, 9.17) is 0 Å². The second-order valence-electron chi connectivity index (χ2n) is 3.73. The van der Waals surface area contributed by atoms with E-state index < -0.39 is 0 Å². The van der Waals surface area contributed by atoms with E-state index in [1.165, 1.54) is 12.8 Å². The average molecular weight is 155 g/mol. The molecule has 0 radical (unpaired) electrons. The molecule has 0 bridgehead atoms. The fourth-order valence-electron chi connectivity index (χ4n) is 1.49. The van der Waals surface area contributed by atoms with Crippen LogP contribution in [0.1, 0.15) is 26.7 Å². The zero-order chi connectivity index (χ0) is 8.48. The van der Waals surface area contributed by atoms with E-state index in [1.54, 1.807) is 7.05 Å². The minimum absolute atomic E-state index is 0.229. The molecule has 2 nitrogen and oxygen atoms in total. The molecular formula is C9H17NO. The van der Waals surface area contributed by atoms with Crippen LogP contribution in [0.5, 0.6) is 0 Å². The summed E-state index contributed by atoms with van der Waals surface area (Å²) < 4.78 is 0. The Bertz CT molecular complexity index is 176. The summed E-state index contributed by atoms with van der Waals surface area (Å²) in [7, 11) is 1.73. The van der Waals surface area contributed by atoms with Gasteiger partial charge < -0.3 is 10.4 Å². The smallest absolute Gasteiger partial charge is 0.180 e. The van der Waals surface area contributed by atoms with Crippen LogP contribution in [-0.4, -0.2) is 12.2 Å². The molecule has 2 N–H and O–H groups in total. The molecule has 2 unspecified atom stereocenters. The van der Waals surface area contributed by atoms with Gasteiger partial charge in [-0.3, -0.25) is 0 Å². The lowest BCUT2D eigenvalue weighted by Crippen LogP contribution is -2.34. The summed E-state index contributed by atoms with van der Waals surface area (Å²) in [6.45, 7) is 4.41. The van der Waals surface area contributed by atoms with E-state index in [1.807, 2.05) is 6.08 Å². The van der Waals surface area contributed by atoms with Crippen LogP contribution in [0.15, 0.2) is 12.0 Å². The number of hydrogen-bond acceptors (Lipinski definition) is 2. The quantitative estimate of drug-likeness (QED) is 0.598.